The van der Waals surface area contributed by atoms with Crippen LogP contribution in [0.2, 0.25) is 0 Å². The SMILES string of the molecule is CC(C)[C@@H](C(=O)N(C)[C@@H](Cc1ccccc1)C(=O)OC(C)(C)C)N(C)C(=O)OCc1ccccc1. The Morgan fingerprint density at radius 3 is 1.83 bits per heavy atom. The highest BCUT2D eigenvalue weighted by atomic mass is 16.6. The number of carbonyl (C=O) groups excluding carboxylic acids is 3. The van der Waals surface area contributed by atoms with Gasteiger partial charge in [-0.3, -0.25) is 9.69 Å². The second-order valence-electron chi connectivity index (χ2n) is 10.0. The predicted octanol–water partition coefficient (Wildman–Crippen LogP) is 4.69. The standard InChI is InChI=1S/C28H38N2O5/c1-20(2)24(30(7)27(33)34-19-22-16-12-9-13-17-22)25(31)29(6)23(26(32)35-28(3,4)5)18-21-14-10-8-11-15-21/h8-17,20,23-24H,18-19H2,1-7H3/t23-,24-/m0/s1. The van der Waals surface area contributed by atoms with Crippen molar-refractivity contribution in [2.75, 3.05) is 14.1 Å². The first kappa shape index (κ1) is 27.9. The molecule has 0 fully saturated rings. The zero-order chi connectivity index (χ0) is 26.2. The quantitative estimate of drug-likeness (QED) is 0.485. The lowest BCUT2D eigenvalue weighted by atomic mass is 9.99. The van der Waals surface area contributed by atoms with Gasteiger partial charge in [-0.2, -0.15) is 0 Å². The van der Waals surface area contributed by atoms with E-state index in [2.05, 4.69) is 0 Å². The lowest BCUT2D eigenvalue weighted by molar-refractivity contribution is -0.165. The molecular formula is C28H38N2O5. The molecule has 2 aromatic rings. The molecule has 0 aliphatic rings. The molecule has 0 saturated carbocycles. The number of hydrogen-bond donors (Lipinski definition) is 0. The largest absolute Gasteiger partial charge is 0.458 e. The maximum atomic E-state index is 13.7. The number of nitrogens with zero attached hydrogens (tertiary/aromatic N) is 2. The summed E-state index contributed by atoms with van der Waals surface area (Å²) < 4.78 is 11.1. The van der Waals surface area contributed by atoms with Crippen molar-refractivity contribution in [3.05, 3.63) is 71.8 Å². The second-order valence-corrected chi connectivity index (χ2v) is 10.0. The van der Waals surface area contributed by atoms with E-state index >= 15 is 0 Å². The fourth-order valence-electron chi connectivity index (χ4n) is 3.78. The molecule has 0 heterocycles. The number of amides is 2. The Balaban J connectivity index is 2.23. The van der Waals surface area contributed by atoms with Crippen molar-refractivity contribution in [3.63, 3.8) is 0 Å². The van der Waals surface area contributed by atoms with E-state index in [1.807, 2.05) is 74.5 Å². The Kier molecular flexibility index (Phi) is 9.87. The van der Waals surface area contributed by atoms with Crippen LogP contribution in [0, 0.1) is 5.92 Å². The normalized spacial score (nSPS) is 13.0. The van der Waals surface area contributed by atoms with Crippen LogP contribution in [0.1, 0.15) is 45.7 Å². The lowest BCUT2D eigenvalue weighted by Gasteiger charge is -2.36. The summed E-state index contributed by atoms with van der Waals surface area (Å²) in [5.74, 6) is -1.06. The van der Waals surface area contributed by atoms with Gasteiger partial charge >= 0.3 is 12.1 Å². The number of likely N-dealkylation sites (N-methyl/N-ethyl adjacent to an activating group) is 2. The summed E-state index contributed by atoms with van der Waals surface area (Å²) in [6, 6.07) is 17.2. The van der Waals surface area contributed by atoms with Crippen molar-refractivity contribution in [3.8, 4) is 0 Å². The smallest absolute Gasteiger partial charge is 0.410 e. The van der Waals surface area contributed by atoms with Crippen LogP contribution in [0.15, 0.2) is 60.7 Å². The molecule has 2 aromatic carbocycles. The number of benzene rings is 2. The molecule has 2 atom stereocenters. The number of rotatable bonds is 9. The van der Waals surface area contributed by atoms with E-state index in [1.165, 1.54) is 9.80 Å². The summed E-state index contributed by atoms with van der Waals surface area (Å²) in [6.07, 6.45) is -0.309. The van der Waals surface area contributed by atoms with Gasteiger partial charge in [-0.05, 0) is 37.8 Å². The highest BCUT2D eigenvalue weighted by Gasteiger charge is 2.38. The average Bonchev–Trinajstić information content (AvgIpc) is 2.80. The molecule has 0 spiro atoms. The first-order chi connectivity index (χ1) is 16.4. The molecule has 2 amide bonds. The summed E-state index contributed by atoms with van der Waals surface area (Å²) in [7, 11) is 3.13. The summed E-state index contributed by atoms with van der Waals surface area (Å²) in [4.78, 5) is 42.3. The highest BCUT2D eigenvalue weighted by Crippen LogP contribution is 2.20. The maximum absolute atomic E-state index is 13.7. The van der Waals surface area contributed by atoms with Gasteiger partial charge < -0.3 is 14.4 Å². The zero-order valence-electron chi connectivity index (χ0n) is 21.9. The Bertz CT molecular complexity index is 970. The molecule has 0 unspecified atom stereocenters. The van der Waals surface area contributed by atoms with Crippen molar-refractivity contribution in [2.45, 2.75) is 65.3 Å². The van der Waals surface area contributed by atoms with Crippen LogP contribution in [0.25, 0.3) is 0 Å². The predicted molar refractivity (Wildman–Crippen MR) is 136 cm³/mol. The molecule has 0 N–H and O–H groups in total. The Labute approximate surface area is 209 Å². The molecule has 7 heteroatoms. The molecule has 0 aromatic heterocycles. The van der Waals surface area contributed by atoms with Crippen LogP contribution < -0.4 is 0 Å². The van der Waals surface area contributed by atoms with E-state index in [9.17, 15) is 14.4 Å². The van der Waals surface area contributed by atoms with Crippen LogP contribution in [-0.4, -0.2) is 59.5 Å². The van der Waals surface area contributed by atoms with E-state index in [4.69, 9.17) is 9.47 Å². The van der Waals surface area contributed by atoms with Gasteiger partial charge in [-0.25, -0.2) is 9.59 Å². The van der Waals surface area contributed by atoms with Crippen LogP contribution in [0.4, 0.5) is 4.79 Å². The topological polar surface area (TPSA) is 76.2 Å². The fourth-order valence-corrected chi connectivity index (χ4v) is 3.78. The van der Waals surface area contributed by atoms with Gasteiger partial charge in [0.05, 0.1) is 0 Å². The molecular weight excluding hydrogens is 444 g/mol. The van der Waals surface area contributed by atoms with Crippen LogP contribution >= 0.6 is 0 Å². The molecule has 190 valence electrons. The molecule has 35 heavy (non-hydrogen) atoms. The van der Waals surface area contributed by atoms with Gasteiger partial charge in [0, 0.05) is 20.5 Å². The summed E-state index contributed by atoms with van der Waals surface area (Å²) in [5, 5.41) is 0. The Morgan fingerprint density at radius 2 is 1.34 bits per heavy atom. The molecule has 7 nitrogen and oxygen atoms in total. The summed E-state index contributed by atoms with van der Waals surface area (Å²) >= 11 is 0. The van der Waals surface area contributed by atoms with Gasteiger partial charge in [0.25, 0.3) is 0 Å². The summed E-state index contributed by atoms with van der Waals surface area (Å²) in [6.45, 7) is 9.20. The van der Waals surface area contributed by atoms with E-state index in [-0.39, 0.29) is 18.4 Å². The molecule has 0 radical (unpaired) electrons. The first-order valence-electron chi connectivity index (χ1n) is 11.9. The van der Waals surface area contributed by atoms with Gasteiger partial charge in [-0.1, -0.05) is 74.5 Å². The van der Waals surface area contributed by atoms with Crippen LogP contribution in [-0.2, 0) is 32.1 Å². The van der Waals surface area contributed by atoms with Crippen molar-refractivity contribution >= 4 is 18.0 Å². The lowest BCUT2D eigenvalue weighted by Crippen LogP contribution is -2.56. The van der Waals surface area contributed by atoms with Gasteiger partial charge in [0.2, 0.25) is 5.91 Å². The molecule has 0 aliphatic heterocycles. The zero-order valence-corrected chi connectivity index (χ0v) is 21.9. The Hall–Kier alpha value is -3.35. The summed E-state index contributed by atoms with van der Waals surface area (Å²) in [5.41, 5.74) is 1.05. The fraction of sp³-hybridized carbons (Fsp3) is 0.464. The molecule has 0 aliphatic carbocycles. The van der Waals surface area contributed by atoms with Crippen LogP contribution in [0.5, 0.6) is 0 Å². The van der Waals surface area contributed by atoms with Crippen molar-refractivity contribution in [1.29, 1.82) is 0 Å². The van der Waals surface area contributed by atoms with E-state index in [0.717, 1.165) is 11.1 Å². The molecule has 0 bridgehead atoms. The third-order valence-corrected chi connectivity index (χ3v) is 5.56. The maximum Gasteiger partial charge on any atom is 0.410 e. The monoisotopic (exact) mass is 482 g/mol. The Morgan fingerprint density at radius 1 is 0.829 bits per heavy atom. The molecule has 2 rings (SSSR count). The van der Waals surface area contributed by atoms with Gasteiger partial charge in [-0.15, -0.1) is 0 Å². The van der Waals surface area contributed by atoms with Crippen molar-refractivity contribution in [1.82, 2.24) is 9.80 Å². The van der Waals surface area contributed by atoms with Crippen molar-refractivity contribution < 1.29 is 23.9 Å². The highest BCUT2D eigenvalue weighted by molar-refractivity contribution is 5.90. The molecule has 0 saturated heterocycles. The minimum Gasteiger partial charge on any atom is -0.458 e. The van der Waals surface area contributed by atoms with Gasteiger partial charge in [0.1, 0.15) is 24.3 Å². The number of hydrogen-bond acceptors (Lipinski definition) is 5. The van der Waals surface area contributed by atoms with Crippen LogP contribution in [0.3, 0.4) is 0 Å². The van der Waals surface area contributed by atoms with E-state index in [1.54, 1.807) is 34.9 Å². The minimum atomic E-state index is -0.848. The minimum absolute atomic E-state index is 0.105. The third-order valence-electron chi connectivity index (χ3n) is 5.56. The number of carbonyl (C=O) groups is 3. The second kappa shape index (κ2) is 12.4. The van der Waals surface area contributed by atoms with Crippen molar-refractivity contribution in [2.24, 2.45) is 5.92 Å². The van der Waals surface area contributed by atoms with E-state index in [0.29, 0.717) is 6.42 Å². The average molecular weight is 483 g/mol. The third kappa shape index (κ3) is 8.42. The first-order valence-corrected chi connectivity index (χ1v) is 11.9. The number of ether oxygens (including phenoxy) is 2. The van der Waals surface area contributed by atoms with E-state index < -0.39 is 29.7 Å². The number of esters is 1. The van der Waals surface area contributed by atoms with Gasteiger partial charge in [0.15, 0.2) is 0 Å².